The van der Waals surface area contributed by atoms with Gasteiger partial charge in [0.05, 0.1) is 0 Å². The van der Waals surface area contributed by atoms with Crippen LogP contribution < -0.4 is 5.32 Å². The largest absolute Gasteiger partial charge is 0.384 e. The lowest BCUT2D eigenvalue weighted by Crippen LogP contribution is -2.36. The Morgan fingerprint density at radius 3 is 2.50 bits per heavy atom. The van der Waals surface area contributed by atoms with Gasteiger partial charge in [0.2, 0.25) is 0 Å². The highest BCUT2D eigenvalue weighted by atomic mass is 19.2. The minimum Gasteiger partial charge on any atom is -0.384 e. The molecular weight excluding hydrogens is 291 g/mol. The Balaban J connectivity index is 1.67. The Morgan fingerprint density at radius 2 is 1.77 bits per heavy atom. The second kappa shape index (κ2) is 5.74. The zero-order valence-electron chi connectivity index (χ0n) is 11.9. The summed E-state index contributed by atoms with van der Waals surface area (Å²) >= 11 is 0. The third kappa shape index (κ3) is 2.74. The topological polar surface area (TPSA) is 32.3 Å². The molecule has 1 atom stereocenters. The third-order valence-electron chi connectivity index (χ3n) is 4.12. The second-order valence-electron chi connectivity index (χ2n) is 5.67. The lowest BCUT2D eigenvalue weighted by atomic mass is 9.96. The Morgan fingerprint density at radius 1 is 1.09 bits per heavy atom. The SMILES string of the molecule is OC1(CNCc2cc(F)c(F)c(F)c2)CCc2ccccc21. The molecule has 2 nitrogen and oxygen atoms in total. The highest BCUT2D eigenvalue weighted by molar-refractivity contribution is 5.37. The first-order chi connectivity index (χ1) is 10.5. The Hall–Kier alpha value is -1.85. The van der Waals surface area contributed by atoms with E-state index in [0.29, 0.717) is 12.0 Å². The lowest BCUT2D eigenvalue weighted by molar-refractivity contribution is 0.0384. The van der Waals surface area contributed by atoms with E-state index in [1.807, 2.05) is 24.3 Å². The summed E-state index contributed by atoms with van der Waals surface area (Å²) in [4.78, 5) is 0. The van der Waals surface area contributed by atoms with Crippen LogP contribution in [0.1, 0.15) is 23.1 Å². The first-order valence-corrected chi connectivity index (χ1v) is 7.14. The van der Waals surface area contributed by atoms with Crippen molar-refractivity contribution < 1.29 is 18.3 Å². The van der Waals surface area contributed by atoms with Gasteiger partial charge in [-0.3, -0.25) is 0 Å². The van der Waals surface area contributed by atoms with Crippen LogP contribution in [0.3, 0.4) is 0 Å². The van der Waals surface area contributed by atoms with Crippen molar-refractivity contribution in [1.29, 1.82) is 0 Å². The fourth-order valence-corrected chi connectivity index (χ4v) is 2.98. The molecule has 0 aromatic heterocycles. The summed E-state index contributed by atoms with van der Waals surface area (Å²) in [6, 6.07) is 9.59. The maximum absolute atomic E-state index is 13.1. The Labute approximate surface area is 126 Å². The summed E-state index contributed by atoms with van der Waals surface area (Å²) in [6.45, 7) is 0.420. The predicted octanol–water partition coefficient (Wildman–Crippen LogP) is 3.03. The number of benzene rings is 2. The van der Waals surface area contributed by atoms with E-state index in [1.165, 1.54) is 0 Å². The third-order valence-corrected chi connectivity index (χ3v) is 4.12. The van der Waals surface area contributed by atoms with Crippen LogP contribution in [0.5, 0.6) is 0 Å². The van der Waals surface area contributed by atoms with E-state index in [0.717, 1.165) is 29.7 Å². The van der Waals surface area contributed by atoms with Crippen LogP contribution in [0.2, 0.25) is 0 Å². The molecule has 116 valence electrons. The molecule has 2 aromatic rings. The van der Waals surface area contributed by atoms with Gasteiger partial charge in [-0.25, -0.2) is 13.2 Å². The summed E-state index contributed by atoms with van der Waals surface area (Å²) < 4.78 is 39.2. The molecular formula is C17H16F3NO. The molecule has 0 spiro atoms. The number of aliphatic hydroxyl groups is 1. The number of aryl methyl sites for hydroxylation is 1. The van der Waals surface area contributed by atoms with Crippen molar-refractivity contribution in [3.8, 4) is 0 Å². The van der Waals surface area contributed by atoms with Crippen molar-refractivity contribution in [2.24, 2.45) is 0 Å². The summed E-state index contributed by atoms with van der Waals surface area (Å²) in [7, 11) is 0. The van der Waals surface area contributed by atoms with Crippen LogP contribution in [-0.2, 0) is 18.6 Å². The molecule has 0 bridgehead atoms. The van der Waals surface area contributed by atoms with E-state index in [2.05, 4.69) is 5.32 Å². The number of nitrogens with one attached hydrogen (secondary N) is 1. The van der Waals surface area contributed by atoms with Gasteiger partial charge in [-0.05, 0) is 41.7 Å². The molecule has 0 heterocycles. The van der Waals surface area contributed by atoms with Gasteiger partial charge >= 0.3 is 0 Å². The predicted molar refractivity (Wildman–Crippen MR) is 76.7 cm³/mol. The maximum Gasteiger partial charge on any atom is 0.194 e. The van der Waals surface area contributed by atoms with Crippen molar-refractivity contribution in [2.75, 3.05) is 6.54 Å². The van der Waals surface area contributed by atoms with E-state index in [4.69, 9.17) is 0 Å². The summed E-state index contributed by atoms with van der Waals surface area (Å²) in [5, 5.41) is 13.7. The first-order valence-electron chi connectivity index (χ1n) is 7.14. The van der Waals surface area contributed by atoms with Crippen molar-refractivity contribution in [2.45, 2.75) is 25.0 Å². The molecule has 0 aliphatic heterocycles. The van der Waals surface area contributed by atoms with Gasteiger partial charge in [-0.15, -0.1) is 0 Å². The average molecular weight is 307 g/mol. The minimum absolute atomic E-state index is 0.151. The van der Waals surface area contributed by atoms with E-state index < -0.39 is 23.1 Å². The first kappa shape index (κ1) is 15.1. The summed E-state index contributed by atoms with van der Waals surface area (Å²) in [5.41, 5.74) is 1.32. The van der Waals surface area contributed by atoms with Crippen LogP contribution in [-0.4, -0.2) is 11.7 Å². The quantitative estimate of drug-likeness (QED) is 0.851. The molecule has 1 unspecified atom stereocenters. The standard InChI is InChI=1S/C17H16F3NO/c18-14-7-11(8-15(19)16(14)20)9-21-10-17(22)6-5-12-3-1-2-4-13(12)17/h1-4,7-8,21-22H,5-6,9-10H2. The van der Waals surface area contributed by atoms with Crippen molar-refractivity contribution in [3.63, 3.8) is 0 Å². The molecule has 1 aliphatic rings. The molecule has 0 amide bonds. The number of halogens is 3. The van der Waals surface area contributed by atoms with Gasteiger partial charge in [0.15, 0.2) is 17.5 Å². The lowest BCUT2D eigenvalue weighted by Gasteiger charge is -2.24. The van der Waals surface area contributed by atoms with Crippen LogP contribution >= 0.6 is 0 Å². The van der Waals surface area contributed by atoms with Crippen molar-refractivity contribution in [1.82, 2.24) is 5.32 Å². The molecule has 0 fully saturated rings. The van der Waals surface area contributed by atoms with Gasteiger partial charge < -0.3 is 10.4 Å². The summed E-state index contributed by atoms with van der Waals surface area (Å²) in [6.07, 6.45) is 1.40. The monoisotopic (exact) mass is 307 g/mol. The Kier molecular flexibility index (Phi) is 3.93. The normalized spacial score (nSPS) is 20.2. The highest BCUT2D eigenvalue weighted by Crippen LogP contribution is 2.36. The molecule has 0 radical (unpaired) electrons. The molecule has 22 heavy (non-hydrogen) atoms. The van der Waals surface area contributed by atoms with Crippen molar-refractivity contribution >= 4 is 0 Å². The smallest absolute Gasteiger partial charge is 0.194 e. The zero-order valence-corrected chi connectivity index (χ0v) is 11.9. The van der Waals surface area contributed by atoms with E-state index in [-0.39, 0.29) is 13.1 Å². The van der Waals surface area contributed by atoms with Crippen LogP contribution in [0.15, 0.2) is 36.4 Å². The fraction of sp³-hybridized carbons (Fsp3) is 0.294. The maximum atomic E-state index is 13.1. The molecule has 2 aromatic carbocycles. The van der Waals surface area contributed by atoms with Crippen molar-refractivity contribution in [3.05, 3.63) is 70.5 Å². The Bertz CT molecular complexity index is 681. The minimum atomic E-state index is -1.47. The van der Waals surface area contributed by atoms with Gasteiger partial charge in [0.1, 0.15) is 5.60 Å². The number of hydrogen-bond donors (Lipinski definition) is 2. The average Bonchev–Trinajstić information content (AvgIpc) is 2.83. The van der Waals surface area contributed by atoms with Gasteiger partial charge in [0.25, 0.3) is 0 Å². The highest BCUT2D eigenvalue weighted by Gasteiger charge is 2.35. The van der Waals surface area contributed by atoms with Crippen LogP contribution in [0.4, 0.5) is 13.2 Å². The number of fused-ring (bicyclic) bond motifs is 1. The zero-order chi connectivity index (χ0) is 15.7. The van der Waals surface area contributed by atoms with E-state index in [1.54, 1.807) is 0 Å². The van der Waals surface area contributed by atoms with Crippen LogP contribution in [0.25, 0.3) is 0 Å². The van der Waals surface area contributed by atoms with Gasteiger partial charge in [-0.1, -0.05) is 24.3 Å². The molecule has 1 aliphatic carbocycles. The number of hydrogen-bond acceptors (Lipinski definition) is 2. The molecule has 3 rings (SSSR count). The molecule has 5 heteroatoms. The fourth-order valence-electron chi connectivity index (χ4n) is 2.98. The van der Waals surface area contributed by atoms with Crippen LogP contribution in [0, 0.1) is 17.5 Å². The molecule has 2 N–H and O–H groups in total. The van der Waals surface area contributed by atoms with Gasteiger partial charge in [0, 0.05) is 13.1 Å². The second-order valence-corrected chi connectivity index (χ2v) is 5.67. The molecule has 0 saturated carbocycles. The number of rotatable bonds is 4. The van der Waals surface area contributed by atoms with E-state index in [9.17, 15) is 18.3 Å². The van der Waals surface area contributed by atoms with Gasteiger partial charge in [-0.2, -0.15) is 0 Å². The van der Waals surface area contributed by atoms with E-state index >= 15 is 0 Å². The summed E-state index contributed by atoms with van der Waals surface area (Å²) in [5.74, 6) is -3.88. The molecule has 0 saturated heterocycles.